The summed E-state index contributed by atoms with van der Waals surface area (Å²) >= 11 is 0. The third kappa shape index (κ3) is 9.74. The van der Waals surface area contributed by atoms with Gasteiger partial charge in [0, 0.05) is 62.9 Å². The van der Waals surface area contributed by atoms with Gasteiger partial charge in [-0.05, 0) is 44.1 Å². The fourth-order valence-corrected chi connectivity index (χ4v) is 5.25. The van der Waals surface area contributed by atoms with Crippen molar-refractivity contribution in [1.82, 2.24) is 20.4 Å². The van der Waals surface area contributed by atoms with Crippen LogP contribution in [0.15, 0.2) is 58.7 Å². The Morgan fingerprint density at radius 2 is 1.85 bits per heavy atom. The molecule has 1 saturated heterocycles. The van der Waals surface area contributed by atoms with E-state index in [-0.39, 0.29) is 34.8 Å². The summed E-state index contributed by atoms with van der Waals surface area (Å²) in [4.78, 5) is 54.3. The Balaban J connectivity index is 1.77. The Kier molecular flexibility index (Phi) is 11.9. The number of carbonyl (C=O) groups is 4. The van der Waals surface area contributed by atoms with E-state index < -0.39 is 12.0 Å². The number of nitrogens with zero attached hydrogens (tertiary/aromatic N) is 2. The smallest absolute Gasteiger partial charge is 0.407 e. The molecule has 4 N–H and O–H groups in total. The van der Waals surface area contributed by atoms with Crippen LogP contribution in [-0.4, -0.2) is 82.8 Å². The zero-order valence-corrected chi connectivity index (χ0v) is 24.4. The van der Waals surface area contributed by atoms with E-state index in [0.29, 0.717) is 75.4 Å². The summed E-state index contributed by atoms with van der Waals surface area (Å²) in [5, 5.41) is 25.2. The first kappa shape index (κ1) is 31.9. The van der Waals surface area contributed by atoms with Gasteiger partial charge >= 0.3 is 6.09 Å². The van der Waals surface area contributed by atoms with Crippen molar-refractivity contribution >= 4 is 23.6 Å². The first-order valence-corrected chi connectivity index (χ1v) is 14.6. The minimum atomic E-state index is -0.919. The summed E-state index contributed by atoms with van der Waals surface area (Å²) < 4.78 is 0. The lowest BCUT2D eigenvalue weighted by Crippen LogP contribution is -2.49. The molecule has 224 valence electrons. The fourth-order valence-electron chi connectivity index (χ4n) is 5.25. The van der Waals surface area contributed by atoms with Crippen molar-refractivity contribution in [2.75, 3.05) is 39.3 Å². The Bertz CT molecular complexity index is 1160. The second-order valence-electron chi connectivity index (χ2n) is 11.3. The van der Waals surface area contributed by atoms with Gasteiger partial charge in [0.05, 0.1) is 17.2 Å². The Morgan fingerprint density at radius 3 is 2.56 bits per heavy atom. The number of amides is 2. The van der Waals surface area contributed by atoms with Crippen LogP contribution in [-0.2, 0) is 14.4 Å². The molecule has 10 nitrogen and oxygen atoms in total. The van der Waals surface area contributed by atoms with Gasteiger partial charge in [0.15, 0.2) is 0 Å². The quantitative estimate of drug-likeness (QED) is 0.375. The molecule has 1 aliphatic carbocycles. The van der Waals surface area contributed by atoms with Gasteiger partial charge in [0.2, 0.25) is 11.6 Å². The molecule has 10 heteroatoms. The molecule has 0 aromatic rings. The van der Waals surface area contributed by atoms with Crippen molar-refractivity contribution in [1.29, 1.82) is 0 Å². The average Bonchev–Trinajstić information content (AvgIpc) is 2.92. The highest BCUT2D eigenvalue weighted by atomic mass is 16.4. The maximum absolute atomic E-state index is 13.6. The lowest BCUT2D eigenvalue weighted by molar-refractivity contribution is -0.120. The number of allylic oxidation sites excluding steroid dienone is 7. The van der Waals surface area contributed by atoms with Gasteiger partial charge in [-0.3, -0.25) is 19.3 Å². The molecule has 2 bridgehead atoms. The zero-order valence-electron chi connectivity index (χ0n) is 24.4. The van der Waals surface area contributed by atoms with E-state index in [1.54, 1.807) is 19.1 Å². The van der Waals surface area contributed by atoms with E-state index in [2.05, 4.69) is 29.4 Å². The molecule has 41 heavy (non-hydrogen) atoms. The second-order valence-corrected chi connectivity index (χ2v) is 11.3. The molecule has 0 spiro atoms. The molecule has 0 aromatic carbocycles. The molecular weight excluding hydrogens is 524 g/mol. The molecule has 1 fully saturated rings. The highest BCUT2D eigenvalue weighted by Crippen LogP contribution is 2.27. The molecule has 0 radical (unpaired) electrons. The van der Waals surface area contributed by atoms with Crippen LogP contribution in [0.25, 0.3) is 0 Å². The summed E-state index contributed by atoms with van der Waals surface area (Å²) in [6.45, 7) is 8.87. The number of carbonyl (C=O) groups excluding carboxylic acids is 3. The van der Waals surface area contributed by atoms with Gasteiger partial charge < -0.3 is 25.7 Å². The molecular formula is C31H44N4O6. The Morgan fingerprint density at radius 1 is 1.12 bits per heavy atom. The minimum Gasteiger partial charge on any atom is -0.513 e. The number of nitrogens with one attached hydrogen (secondary N) is 2. The Labute approximate surface area is 242 Å². The third-order valence-electron chi connectivity index (χ3n) is 7.76. The molecule has 2 atom stereocenters. The van der Waals surface area contributed by atoms with Crippen molar-refractivity contribution in [2.24, 2.45) is 11.8 Å². The van der Waals surface area contributed by atoms with Gasteiger partial charge in [-0.2, -0.15) is 0 Å². The number of carboxylic acid groups (broad SMARTS) is 1. The van der Waals surface area contributed by atoms with Crippen LogP contribution >= 0.6 is 0 Å². The number of hydrogen-bond donors (Lipinski definition) is 4. The van der Waals surface area contributed by atoms with Crippen LogP contribution in [0.4, 0.5) is 4.79 Å². The van der Waals surface area contributed by atoms with Gasteiger partial charge in [-0.15, -0.1) is 0 Å². The number of Topliss-reactive ketones (excluding diaryl/α,β-unsaturated/α-hetero) is 1. The fraction of sp³-hybridized carbons (Fsp3) is 0.548. The van der Waals surface area contributed by atoms with Gasteiger partial charge in [-0.1, -0.05) is 44.9 Å². The van der Waals surface area contributed by atoms with E-state index in [1.807, 2.05) is 12.2 Å². The molecule has 2 amide bonds. The van der Waals surface area contributed by atoms with Crippen molar-refractivity contribution in [3.8, 4) is 0 Å². The number of hydrogen-bond acceptors (Lipinski definition) is 7. The lowest BCUT2D eigenvalue weighted by atomic mass is 9.87. The van der Waals surface area contributed by atoms with Crippen LogP contribution in [0.3, 0.4) is 0 Å². The molecule has 2 unspecified atom stereocenters. The van der Waals surface area contributed by atoms with Crippen molar-refractivity contribution in [3.05, 3.63) is 58.7 Å². The molecule has 3 aliphatic rings. The van der Waals surface area contributed by atoms with Crippen LogP contribution in [0.2, 0.25) is 0 Å². The molecule has 2 heterocycles. The first-order valence-electron chi connectivity index (χ1n) is 14.6. The summed E-state index contributed by atoms with van der Waals surface area (Å²) in [6, 6.07) is 0. The number of ketones is 2. The number of piperazine rings is 1. The van der Waals surface area contributed by atoms with Crippen molar-refractivity contribution in [3.63, 3.8) is 0 Å². The summed E-state index contributed by atoms with van der Waals surface area (Å²) in [5.41, 5.74) is 1.02. The van der Waals surface area contributed by atoms with E-state index in [0.717, 1.165) is 19.3 Å². The highest BCUT2D eigenvalue weighted by molar-refractivity contribution is 6.23. The maximum Gasteiger partial charge on any atom is 0.407 e. The molecule has 3 rings (SSSR count). The highest BCUT2D eigenvalue weighted by Gasteiger charge is 2.31. The monoisotopic (exact) mass is 568 g/mol. The number of aliphatic hydroxyl groups is 1. The van der Waals surface area contributed by atoms with Crippen LogP contribution in [0, 0.1) is 11.8 Å². The molecule has 0 saturated carbocycles. The average molecular weight is 569 g/mol. The summed E-state index contributed by atoms with van der Waals surface area (Å²) in [5.74, 6) is -0.458. The Hall–Kier alpha value is -3.66. The van der Waals surface area contributed by atoms with Gasteiger partial charge in [0.25, 0.3) is 5.91 Å². The van der Waals surface area contributed by atoms with Gasteiger partial charge in [-0.25, -0.2) is 4.79 Å². The predicted octanol–water partition coefficient (Wildman–Crippen LogP) is 3.85. The SMILES string of the molecule is C/C1=C\C=C/CC/C(O)=C/C(C)CCCC(C)CC2=C(NCCN3CCN(C(=O)O)CC3)C(=O)C=C(NC1=O)C2=O. The van der Waals surface area contributed by atoms with Crippen LogP contribution in [0.1, 0.15) is 59.3 Å². The number of fused-ring (bicyclic) bond motifs is 2. The predicted molar refractivity (Wildman–Crippen MR) is 157 cm³/mol. The standard InChI is InChI=1S/C31H44N4O6/c1-21-8-7-9-22(2)19-25-28(32-12-13-34-14-16-35(17-15-34)31(40)41)27(37)20-26(29(25)38)33-30(39)23(3)10-5-4-6-11-24(36)18-21/h4-5,10,18,20-22,32,36H,6-9,11-17,19H2,1-3H3,(H,33,39)(H,40,41)/b5-4-,23-10+,24-18-. The molecule has 0 aromatic heterocycles. The minimum absolute atomic E-state index is 0.0186. The van der Waals surface area contributed by atoms with Crippen molar-refractivity contribution < 1.29 is 29.4 Å². The van der Waals surface area contributed by atoms with Gasteiger partial charge in [0.1, 0.15) is 0 Å². The maximum atomic E-state index is 13.6. The first-order chi connectivity index (χ1) is 19.5. The van der Waals surface area contributed by atoms with E-state index in [4.69, 9.17) is 5.11 Å². The zero-order chi connectivity index (χ0) is 29.9. The van der Waals surface area contributed by atoms with Crippen LogP contribution in [0.5, 0.6) is 0 Å². The molecule has 2 aliphatic heterocycles. The lowest BCUT2D eigenvalue weighted by Gasteiger charge is -2.33. The van der Waals surface area contributed by atoms with Crippen LogP contribution < -0.4 is 10.6 Å². The van der Waals surface area contributed by atoms with Crippen molar-refractivity contribution in [2.45, 2.75) is 59.3 Å². The van der Waals surface area contributed by atoms with E-state index in [9.17, 15) is 24.3 Å². The van der Waals surface area contributed by atoms with E-state index >= 15 is 0 Å². The largest absolute Gasteiger partial charge is 0.513 e. The van der Waals surface area contributed by atoms with E-state index in [1.165, 1.54) is 11.0 Å². The second kappa shape index (κ2) is 15.4. The third-order valence-corrected chi connectivity index (χ3v) is 7.76. The normalized spacial score (nSPS) is 27.7. The summed E-state index contributed by atoms with van der Waals surface area (Å²) in [6.07, 6.45) is 11.7. The topological polar surface area (TPSA) is 139 Å². The number of aliphatic hydroxyl groups excluding tert-OH is 1. The number of rotatable bonds is 4. The summed E-state index contributed by atoms with van der Waals surface area (Å²) in [7, 11) is 0.